The Balaban J connectivity index is 0.00000152. The molecule has 4 aromatic carbocycles. The van der Waals surface area contributed by atoms with Crippen LogP contribution in [-0.4, -0.2) is 5.98 Å². The molecule has 4 aromatic rings. The first kappa shape index (κ1) is 27.1. The van der Waals surface area contributed by atoms with Gasteiger partial charge in [0.1, 0.15) is 0 Å². The molecule has 0 amide bonds. The normalized spacial score (nSPS) is 17.3. The van der Waals surface area contributed by atoms with Crippen molar-refractivity contribution in [3.05, 3.63) is 143 Å². The maximum absolute atomic E-state index is 2.56. The van der Waals surface area contributed by atoms with E-state index in [1.54, 1.807) is 32.6 Å². The first-order valence-electron chi connectivity index (χ1n) is 12.2. The third kappa shape index (κ3) is 4.81. The van der Waals surface area contributed by atoms with E-state index in [0.717, 1.165) is 0 Å². The summed E-state index contributed by atoms with van der Waals surface area (Å²) in [5.74, 6) is -1.43. The van der Waals surface area contributed by atoms with E-state index in [4.69, 9.17) is 0 Å². The summed E-state index contributed by atoms with van der Waals surface area (Å²) in [5.41, 5.74) is 9.31. The fourth-order valence-electron chi connectivity index (χ4n) is 6.21. The van der Waals surface area contributed by atoms with Gasteiger partial charge in [0.2, 0.25) is 0 Å². The van der Waals surface area contributed by atoms with Gasteiger partial charge >= 0.3 is 213 Å². The van der Waals surface area contributed by atoms with Crippen LogP contribution in [0.4, 0.5) is 0 Å². The fraction of sp³-hybridized carbons (Fsp3) is 0.125. The molecular weight excluding hydrogens is 662 g/mol. The average Bonchev–Trinajstić information content (AvgIpc) is 3.39. The maximum Gasteiger partial charge on any atom is -1.00 e. The van der Waals surface area contributed by atoms with Crippen molar-refractivity contribution in [2.45, 2.75) is 21.2 Å². The van der Waals surface area contributed by atoms with E-state index in [-0.39, 0.29) is 24.8 Å². The summed E-state index contributed by atoms with van der Waals surface area (Å²) < 4.78 is 1.27. The van der Waals surface area contributed by atoms with E-state index in [1.807, 2.05) is 0 Å². The predicted octanol–water partition coefficient (Wildman–Crippen LogP) is 0.467. The van der Waals surface area contributed by atoms with Crippen LogP contribution in [0.2, 0.25) is 0 Å². The monoisotopic (exact) mass is 691 g/mol. The van der Waals surface area contributed by atoms with Crippen LogP contribution in [0, 0.1) is 0 Å². The molecule has 2 unspecified atom stereocenters. The van der Waals surface area contributed by atoms with E-state index < -0.39 is 26.6 Å². The average molecular weight is 691 g/mol. The molecule has 0 aliphatic heterocycles. The van der Waals surface area contributed by atoms with Crippen molar-refractivity contribution in [3.8, 4) is 0 Å². The molecule has 0 heterocycles. The SMILES string of the molecule is CC1=Cc2ccccc2[CH]1[Hf+2]([CH]1C(C)=Cc2ccccc21)[SiH](c1ccccc1)c1ccccc1.[Cl-].[Cl-]. The van der Waals surface area contributed by atoms with E-state index in [2.05, 4.69) is 135 Å². The zero-order chi connectivity index (χ0) is 23.1. The summed E-state index contributed by atoms with van der Waals surface area (Å²) in [4.78, 5) is 0. The second kappa shape index (κ2) is 11.6. The van der Waals surface area contributed by atoms with Crippen molar-refractivity contribution in [1.29, 1.82) is 0 Å². The third-order valence-corrected chi connectivity index (χ3v) is 40.5. The minimum Gasteiger partial charge on any atom is -1.00 e. The first-order valence-corrected chi connectivity index (χ1v) is 24.3. The number of rotatable bonds is 5. The van der Waals surface area contributed by atoms with Gasteiger partial charge < -0.3 is 24.8 Å². The molecule has 6 rings (SSSR count). The quantitative estimate of drug-likeness (QED) is 0.268. The minimum atomic E-state index is -2.56. The molecule has 2 aliphatic carbocycles. The number of hydrogen-bond acceptors (Lipinski definition) is 0. The molecule has 0 bridgehead atoms. The minimum absolute atomic E-state index is 0. The Morgan fingerprint density at radius 1 is 0.500 bits per heavy atom. The van der Waals surface area contributed by atoms with Crippen molar-refractivity contribution in [3.63, 3.8) is 0 Å². The van der Waals surface area contributed by atoms with Crippen molar-refractivity contribution < 1.29 is 45.4 Å². The molecule has 0 fully saturated rings. The first-order chi connectivity index (χ1) is 16.7. The Hall–Kier alpha value is -1.97. The molecular formula is C32H29Cl2HfSi. The molecule has 179 valence electrons. The second-order valence-electron chi connectivity index (χ2n) is 9.65. The van der Waals surface area contributed by atoms with Crippen LogP contribution >= 0.6 is 0 Å². The van der Waals surface area contributed by atoms with Crippen LogP contribution < -0.4 is 35.2 Å². The predicted molar refractivity (Wildman–Crippen MR) is 145 cm³/mol. The second-order valence-corrected chi connectivity index (χ2v) is 31.3. The third-order valence-electron chi connectivity index (χ3n) is 7.56. The molecule has 36 heavy (non-hydrogen) atoms. The molecule has 0 nitrogen and oxygen atoms in total. The standard InChI is InChI=1S/C12H11Si.2C10H9.2ClH.Hf/c1-3-7-11(8-4-1)13-12-9-5-2-6-10-12;2*1-8-6-9-4-2-3-5-10(9)7-8;;;/h1-10,13H;2*2-7H,1H3;2*1H;/q;;;;;+2/p-2. The van der Waals surface area contributed by atoms with Gasteiger partial charge in [-0.25, -0.2) is 0 Å². The van der Waals surface area contributed by atoms with Gasteiger partial charge in [0, 0.05) is 0 Å². The van der Waals surface area contributed by atoms with Crippen LogP contribution in [0.1, 0.15) is 43.5 Å². The molecule has 0 saturated carbocycles. The molecule has 2 aliphatic rings. The zero-order valence-electron chi connectivity index (χ0n) is 20.5. The molecule has 0 aromatic heterocycles. The van der Waals surface area contributed by atoms with E-state index >= 15 is 0 Å². The molecule has 0 radical (unpaired) electrons. The maximum atomic E-state index is 2.49. The Morgan fingerprint density at radius 3 is 1.28 bits per heavy atom. The number of allylic oxidation sites excluding steroid dienone is 2. The summed E-state index contributed by atoms with van der Waals surface area (Å²) in [6.45, 7) is 4.83. The van der Waals surface area contributed by atoms with Crippen molar-refractivity contribution in [2.75, 3.05) is 0 Å². The van der Waals surface area contributed by atoms with Crippen LogP contribution in [0.25, 0.3) is 12.2 Å². The van der Waals surface area contributed by atoms with Gasteiger partial charge in [-0.1, -0.05) is 0 Å². The Morgan fingerprint density at radius 2 is 0.861 bits per heavy atom. The largest absolute Gasteiger partial charge is 1.00 e. The molecule has 0 spiro atoms. The number of benzene rings is 4. The van der Waals surface area contributed by atoms with E-state index in [1.165, 1.54) is 11.1 Å². The van der Waals surface area contributed by atoms with Crippen molar-refractivity contribution in [2.24, 2.45) is 0 Å². The van der Waals surface area contributed by atoms with Crippen molar-refractivity contribution >= 4 is 28.5 Å². The smallest absolute Gasteiger partial charge is 1.00 e. The number of halogens is 2. The summed E-state index contributed by atoms with van der Waals surface area (Å²) in [5, 5.41) is 3.26. The summed E-state index contributed by atoms with van der Waals surface area (Å²) >= 11 is -2.56. The van der Waals surface area contributed by atoms with E-state index in [9.17, 15) is 0 Å². The molecule has 0 N–H and O–H groups in total. The van der Waals surface area contributed by atoms with Gasteiger partial charge in [0.05, 0.1) is 0 Å². The van der Waals surface area contributed by atoms with Gasteiger partial charge in [-0.2, -0.15) is 0 Å². The topological polar surface area (TPSA) is 0 Å². The van der Waals surface area contributed by atoms with Crippen LogP contribution in [-0.2, 0) is 20.6 Å². The van der Waals surface area contributed by atoms with Gasteiger partial charge in [-0.15, -0.1) is 0 Å². The fourth-order valence-corrected chi connectivity index (χ4v) is 46.2. The summed E-state index contributed by atoms with van der Waals surface area (Å²) in [6.07, 6.45) is 4.98. The summed E-state index contributed by atoms with van der Waals surface area (Å²) in [7, 11) is 0. The molecule has 0 saturated heterocycles. The van der Waals surface area contributed by atoms with Gasteiger partial charge in [-0.3, -0.25) is 0 Å². The number of fused-ring (bicyclic) bond motifs is 2. The molecule has 2 atom stereocenters. The van der Waals surface area contributed by atoms with Crippen molar-refractivity contribution in [1.82, 2.24) is 0 Å². The summed E-state index contributed by atoms with van der Waals surface area (Å²) in [6, 6.07) is 41.6. The Bertz CT molecular complexity index is 1290. The van der Waals surface area contributed by atoms with Crippen LogP contribution in [0.3, 0.4) is 0 Å². The van der Waals surface area contributed by atoms with Gasteiger partial charge in [0.15, 0.2) is 0 Å². The van der Waals surface area contributed by atoms with Gasteiger partial charge in [0.25, 0.3) is 0 Å². The zero-order valence-corrected chi connectivity index (χ0v) is 26.8. The Kier molecular flexibility index (Phi) is 8.73. The van der Waals surface area contributed by atoms with Crippen LogP contribution in [0.15, 0.2) is 120 Å². The van der Waals surface area contributed by atoms with E-state index in [0.29, 0.717) is 7.35 Å². The Labute approximate surface area is 236 Å². The molecule has 4 heteroatoms. The van der Waals surface area contributed by atoms with Crippen LogP contribution in [0.5, 0.6) is 0 Å². The number of hydrogen-bond donors (Lipinski definition) is 0. The van der Waals surface area contributed by atoms with Gasteiger partial charge in [-0.05, 0) is 0 Å².